The van der Waals surface area contributed by atoms with Gasteiger partial charge in [-0.3, -0.25) is 10.1 Å². The topological polar surface area (TPSA) is 72.6 Å². The minimum absolute atomic E-state index is 0.0244. The number of para-hydroxylation sites is 1. The van der Waals surface area contributed by atoms with Crippen molar-refractivity contribution in [2.45, 2.75) is 20.0 Å². The minimum atomic E-state index is -0.804. The van der Waals surface area contributed by atoms with Crippen molar-refractivity contribution in [3.8, 4) is 11.5 Å². The Morgan fingerprint density at radius 2 is 2.00 bits per heavy atom. The summed E-state index contributed by atoms with van der Waals surface area (Å²) in [7, 11) is 0. The van der Waals surface area contributed by atoms with Gasteiger partial charge in [-0.25, -0.2) is 4.39 Å². The maximum Gasteiger partial charge on any atom is 0.314 e. The van der Waals surface area contributed by atoms with Crippen LogP contribution in [0.4, 0.5) is 10.1 Å². The SMILES string of the molecule is Cc1cccc(Oc2ccc([C@H](C)O)cc2F)c1[N+](=O)[O-]. The molecule has 6 heteroatoms. The Hall–Kier alpha value is -2.47. The van der Waals surface area contributed by atoms with E-state index < -0.39 is 16.8 Å². The van der Waals surface area contributed by atoms with E-state index in [1.165, 1.54) is 25.1 Å². The van der Waals surface area contributed by atoms with Gasteiger partial charge in [-0.1, -0.05) is 18.2 Å². The normalized spacial score (nSPS) is 12.0. The minimum Gasteiger partial charge on any atom is -0.447 e. The van der Waals surface area contributed by atoms with Crippen LogP contribution in [0.5, 0.6) is 11.5 Å². The van der Waals surface area contributed by atoms with E-state index in [-0.39, 0.29) is 17.2 Å². The van der Waals surface area contributed by atoms with Crippen molar-refractivity contribution in [1.82, 2.24) is 0 Å². The lowest BCUT2D eigenvalue weighted by molar-refractivity contribution is -0.386. The average molecular weight is 291 g/mol. The molecular formula is C15H14FNO4. The summed E-state index contributed by atoms with van der Waals surface area (Å²) in [5.41, 5.74) is 0.633. The third kappa shape index (κ3) is 3.17. The molecule has 0 aliphatic rings. The lowest BCUT2D eigenvalue weighted by atomic mass is 10.1. The van der Waals surface area contributed by atoms with Crippen molar-refractivity contribution in [1.29, 1.82) is 0 Å². The van der Waals surface area contributed by atoms with Gasteiger partial charge in [0.15, 0.2) is 11.6 Å². The van der Waals surface area contributed by atoms with E-state index in [1.54, 1.807) is 19.1 Å². The molecular weight excluding hydrogens is 277 g/mol. The Balaban J connectivity index is 2.39. The van der Waals surface area contributed by atoms with Crippen molar-refractivity contribution in [2.75, 3.05) is 0 Å². The summed E-state index contributed by atoms with van der Waals surface area (Å²) in [6, 6.07) is 8.57. The van der Waals surface area contributed by atoms with Crippen LogP contribution < -0.4 is 4.74 Å². The lowest BCUT2D eigenvalue weighted by Crippen LogP contribution is -1.98. The Morgan fingerprint density at radius 3 is 2.57 bits per heavy atom. The summed E-state index contributed by atoms with van der Waals surface area (Å²) in [5.74, 6) is -0.846. The van der Waals surface area contributed by atoms with Crippen LogP contribution in [0.1, 0.15) is 24.2 Å². The third-order valence-electron chi connectivity index (χ3n) is 3.04. The molecule has 2 rings (SSSR count). The van der Waals surface area contributed by atoms with Gasteiger partial charge in [0, 0.05) is 5.56 Å². The van der Waals surface area contributed by atoms with Crippen molar-refractivity contribution in [3.63, 3.8) is 0 Å². The summed E-state index contributed by atoms with van der Waals surface area (Å²) >= 11 is 0. The molecule has 0 radical (unpaired) electrons. The molecule has 21 heavy (non-hydrogen) atoms. The van der Waals surface area contributed by atoms with Crippen molar-refractivity contribution < 1.29 is 19.2 Å². The van der Waals surface area contributed by atoms with Gasteiger partial charge < -0.3 is 9.84 Å². The predicted octanol–water partition coefficient (Wildman–Crippen LogP) is 3.89. The van der Waals surface area contributed by atoms with Crippen LogP contribution in [-0.4, -0.2) is 10.0 Å². The fourth-order valence-corrected chi connectivity index (χ4v) is 1.93. The highest BCUT2D eigenvalue weighted by Gasteiger charge is 2.20. The van der Waals surface area contributed by atoms with E-state index in [2.05, 4.69) is 0 Å². The van der Waals surface area contributed by atoms with E-state index in [0.717, 1.165) is 6.07 Å². The molecule has 0 unspecified atom stereocenters. The van der Waals surface area contributed by atoms with Gasteiger partial charge in [0.2, 0.25) is 5.75 Å². The highest BCUT2D eigenvalue weighted by Crippen LogP contribution is 2.35. The first-order valence-corrected chi connectivity index (χ1v) is 6.29. The molecule has 0 heterocycles. The number of hydrogen-bond donors (Lipinski definition) is 1. The van der Waals surface area contributed by atoms with Crippen LogP contribution in [0.3, 0.4) is 0 Å². The number of aliphatic hydroxyl groups is 1. The van der Waals surface area contributed by atoms with Crippen LogP contribution in [0.2, 0.25) is 0 Å². The molecule has 0 aliphatic carbocycles. The molecule has 0 saturated heterocycles. The summed E-state index contributed by atoms with van der Waals surface area (Å²) in [6.45, 7) is 3.10. The average Bonchev–Trinajstić information content (AvgIpc) is 2.40. The van der Waals surface area contributed by atoms with E-state index in [4.69, 9.17) is 4.74 Å². The molecule has 0 spiro atoms. The highest BCUT2D eigenvalue weighted by molar-refractivity contribution is 5.53. The second-order valence-electron chi connectivity index (χ2n) is 4.65. The standard InChI is InChI=1S/C15H14FNO4/c1-9-4-3-5-14(15(9)17(19)20)21-13-7-6-11(10(2)18)8-12(13)16/h3-8,10,18H,1-2H3/t10-/m0/s1. The molecule has 0 aromatic heterocycles. The number of aliphatic hydroxyl groups excluding tert-OH is 1. The van der Waals surface area contributed by atoms with Gasteiger partial charge in [0.05, 0.1) is 11.0 Å². The molecule has 0 amide bonds. The largest absolute Gasteiger partial charge is 0.447 e. The molecule has 1 atom stereocenters. The fourth-order valence-electron chi connectivity index (χ4n) is 1.93. The van der Waals surface area contributed by atoms with Crippen LogP contribution >= 0.6 is 0 Å². The van der Waals surface area contributed by atoms with Crippen LogP contribution in [0, 0.1) is 22.9 Å². The maximum atomic E-state index is 13.9. The van der Waals surface area contributed by atoms with Gasteiger partial charge >= 0.3 is 5.69 Å². The number of nitro groups is 1. The molecule has 2 aromatic carbocycles. The predicted molar refractivity (Wildman–Crippen MR) is 74.9 cm³/mol. The number of hydrogen-bond acceptors (Lipinski definition) is 4. The summed E-state index contributed by atoms with van der Waals surface area (Å²) in [5, 5.41) is 20.4. The van der Waals surface area contributed by atoms with Gasteiger partial charge in [0.25, 0.3) is 0 Å². The summed E-state index contributed by atoms with van der Waals surface area (Å²) in [6.07, 6.45) is -0.804. The maximum absolute atomic E-state index is 13.9. The lowest BCUT2D eigenvalue weighted by Gasteiger charge is -2.10. The van der Waals surface area contributed by atoms with E-state index in [9.17, 15) is 19.6 Å². The Morgan fingerprint density at radius 1 is 1.29 bits per heavy atom. The molecule has 5 nitrogen and oxygen atoms in total. The van der Waals surface area contributed by atoms with Gasteiger partial charge in [0.1, 0.15) is 0 Å². The first-order valence-electron chi connectivity index (χ1n) is 6.29. The first-order chi connectivity index (χ1) is 9.90. The molecule has 0 bridgehead atoms. The van der Waals surface area contributed by atoms with Gasteiger partial charge in [-0.15, -0.1) is 0 Å². The Kier molecular flexibility index (Phi) is 4.18. The van der Waals surface area contributed by atoms with Crippen LogP contribution in [0.25, 0.3) is 0 Å². The molecule has 2 aromatic rings. The molecule has 110 valence electrons. The second kappa shape index (κ2) is 5.88. The zero-order chi connectivity index (χ0) is 15.6. The van der Waals surface area contributed by atoms with Crippen molar-refractivity contribution >= 4 is 5.69 Å². The Bertz CT molecular complexity index is 685. The summed E-state index contributed by atoms with van der Waals surface area (Å²) in [4.78, 5) is 10.5. The van der Waals surface area contributed by atoms with Crippen molar-refractivity contribution in [3.05, 3.63) is 63.5 Å². The molecule has 0 aliphatic heterocycles. The smallest absolute Gasteiger partial charge is 0.314 e. The fraction of sp³-hybridized carbons (Fsp3) is 0.200. The first kappa shape index (κ1) is 14.9. The van der Waals surface area contributed by atoms with E-state index in [0.29, 0.717) is 11.1 Å². The zero-order valence-corrected chi connectivity index (χ0v) is 11.5. The quantitative estimate of drug-likeness (QED) is 0.685. The number of nitrogens with zero attached hydrogens (tertiary/aromatic N) is 1. The van der Waals surface area contributed by atoms with Crippen LogP contribution in [-0.2, 0) is 0 Å². The molecule has 0 fully saturated rings. The van der Waals surface area contributed by atoms with Gasteiger partial charge in [-0.2, -0.15) is 0 Å². The van der Waals surface area contributed by atoms with E-state index in [1.807, 2.05) is 0 Å². The number of rotatable bonds is 4. The Labute approximate surface area is 120 Å². The number of nitro benzene ring substituents is 1. The molecule has 1 N–H and O–H groups in total. The van der Waals surface area contributed by atoms with Crippen LogP contribution in [0.15, 0.2) is 36.4 Å². The number of aryl methyl sites for hydroxylation is 1. The van der Waals surface area contributed by atoms with Crippen molar-refractivity contribution in [2.24, 2.45) is 0 Å². The number of halogens is 1. The highest BCUT2D eigenvalue weighted by atomic mass is 19.1. The number of benzene rings is 2. The zero-order valence-electron chi connectivity index (χ0n) is 11.5. The van der Waals surface area contributed by atoms with Gasteiger partial charge in [-0.05, 0) is 37.6 Å². The summed E-state index contributed by atoms with van der Waals surface area (Å²) < 4.78 is 19.2. The molecule has 0 saturated carbocycles. The van der Waals surface area contributed by atoms with E-state index >= 15 is 0 Å². The third-order valence-corrected chi connectivity index (χ3v) is 3.04. The monoisotopic (exact) mass is 291 g/mol. The number of ether oxygens (including phenoxy) is 1. The second-order valence-corrected chi connectivity index (χ2v) is 4.65.